The van der Waals surface area contributed by atoms with Crippen molar-refractivity contribution in [3.8, 4) is 5.75 Å². The molecule has 1 fully saturated rings. The summed E-state index contributed by atoms with van der Waals surface area (Å²) in [5.41, 5.74) is 0. The second-order valence-electron chi connectivity index (χ2n) is 4.82. The summed E-state index contributed by atoms with van der Waals surface area (Å²) < 4.78 is 37.0. The van der Waals surface area contributed by atoms with E-state index in [-0.39, 0.29) is 11.0 Å². The zero-order valence-electron chi connectivity index (χ0n) is 11.9. The van der Waals surface area contributed by atoms with Crippen LogP contribution >= 0.6 is 0 Å². The number of sulfonamides is 1. The molecule has 6 heteroatoms. The summed E-state index contributed by atoms with van der Waals surface area (Å²) in [4.78, 5) is 0.279. The van der Waals surface area contributed by atoms with Gasteiger partial charge in [0, 0.05) is 20.2 Å². The van der Waals surface area contributed by atoms with Gasteiger partial charge in [-0.05, 0) is 44.0 Å². The molecule has 0 saturated carbocycles. The molecule has 1 aliphatic heterocycles. The predicted molar refractivity (Wildman–Crippen MR) is 76.4 cm³/mol. The van der Waals surface area contributed by atoms with Crippen LogP contribution < -0.4 is 4.74 Å². The molecule has 1 heterocycles. The van der Waals surface area contributed by atoms with Crippen molar-refractivity contribution in [2.75, 3.05) is 26.8 Å². The third-order valence-electron chi connectivity index (χ3n) is 3.33. The molecule has 5 nitrogen and oxygen atoms in total. The Morgan fingerprint density at radius 3 is 2.60 bits per heavy atom. The SMILES string of the molecule is CCOc1ccc(S(=O)(=O)N(C)CC2CCCO2)cc1. The summed E-state index contributed by atoms with van der Waals surface area (Å²) in [5.74, 6) is 0.674. The molecule has 112 valence electrons. The molecule has 0 aromatic heterocycles. The van der Waals surface area contributed by atoms with E-state index in [0.717, 1.165) is 19.4 Å². The van der Waals surface area contributed by atoms with Crippen LogP contribution in [0.25, 0.3) is 0 Å². The zero-order chi connectivity index (χ0) is 14.6. The third-order valence-corrected chi connectivity index (χ3v) is 5.17. The second-order valence-corrected chi connectivity index (χ2v) is 6.87. The van der Waals surface area contributed by atoms with Crippen molar-refractivity contribution >= 4 is 10.0 Å². The molecule has 1 atom stereocenters. The fourth-order valence-corrected chi connectivity index (χ4v) is 3.43. The largest absolute Gasteiger partial charge is 0.494 e. The lowest BCUT2D eigenvalue weighted by molar-refractivity contribution is 0.0979. The van der Waals surface area contributed by atoms with Crippen LogP contribution in [0.3, 0.4) is 0 Å². The maximum absolute atomic E-state index is 12.4. The number of hydrogen-bond acceptors (Lipinski definition) is 4. The van der Waals surface area contributed by atoms with Crippen molar-refractivity contribution in [2.45, 2.75) is 30.8 Å². The van der Waals surface area contributed by atoms with E-state index < -0.39 is 10.0 Å². The van der Waals surface area contributed by atoms with Gasteiger partial charge in [0.25, 0.3) is 0 Å². The quantitative estimate of drug-likeness (QED) is 0.805. The highest BCUT2D eigenvalue weighted by Crippen LogP contribution is 2.21. The Balaban J connectivity index is 2.07. The number of hydrogen-bond donors (Lipinski definition) is 0. The van der Waals surface area contributed by atoms with Crippen molar-refractivity contribution in [1.82, 2.24) is 4.31 Å². The number of nitrogens with zero attached hydrogens (tertiary/aromatic N) is 1. The Morgan fingerprint density at radius 1 is 1.35 bits per heavy atom. The molecule has 0 aliphatic carbocycles. The first-order valence-corrected chi connectivity index (χ1v) is 8.29. The molecule has 0 radical (unpaired) electrons. The van der Waals surface area contributed by atoms with Crippen LogP contribution in [0, 0.1) is 0 Å². The first-order chi connectivity index (χ1) is 9.54. The highest BCUT2D eigenvalue weighted by molar-refractivity contribution is 7.89. The molecular weight excluding hydrogens is 278 g/mol. The zero-order valence-corrected chi connectivity index (χ0v) is 12.7. The van der Waals surface area contributed by atoms with E-state index in [2.05, 4.69) is 0 Å². The van der Waals surface area contributed by atoms with Crippen LogP contribution in [0.2, 0.25) is 0 Å². The smallest absolute Gasteiger partial charge is 0.242 e. The van der Waals surface area contributed by atoms with Gasteiger partial charge in [-0.25, -0.2) is 8.42 Å². The highest BCUT2D eigenvalue weighted by atomic mass is 32.2. The monoisotopic (exact) mass is 299 g/mol. The summed E-state index contributed by atoms with van der Waals surface area (Å²) in [6.07, 6.45) is 1.93. The van der Waals surface area contributed by atoms with Gasteiger partial charge in [-0.1, -0.05) is 0 Å². The molecule has 2 rings (SSSR count). The van der Waals surface area contributed by atoms with Crippen molar-refractivity contribution in [1.29, 1.82) is 0 Å². The summed E-state index contributed by atoms with van der Waals surface area (Å²) in [5, 5.41) is 0. The summed E-state index contributed by atoms with van der Waals surface area (Å²) in [7, 11) is -1.87. The van der Waals surface area contributed by atoms with Gasteiger partial charge in [0.2, 0.25) is 10.0 Å². The molecule has 1 aliphatic rings. The summed E-state index contributed by atoms with van der Waals surface area (Å²) in [6, 6.07) is 6.51. The molecule has 20 heavy (non-hydrogen) atoms. The Bertz CT molecular complexity index is 521. The fourth-order valence-electron chi connectivity index (χ4n) is 2.23. The number of likely N-dealkylation sites (N-methyl/N-ethyl adjacent to an activating group) is 1. The van der Waals surface area contributed by atoms with E-state index in [1.807, 2.05) is 6.92 Å². The molecule has 1 unspecified atom stereocenters. The molecule has 0 spiro atoms. The molecule has 1 aromatic carbocycles. The van der Waals surface area contributed by atoms with E-state index in [0.29, 0.717) is 18.9 Å². The van der Waals surface area contributed by atoms with Crippen LogP contribution in [-0.2, 0) is 14.8 Å². The Kier molecular flexibility index (Phi) is 5.01. The van der Waals surface area contributed by atoms with Crippen molar-refractivity contribution in [3.63, 3.8) is 0 Å². The summed E-state index contributed by atoms with van der Waals surface area (Å²) in [6.45, 7) is 3.57. The van der Waals surface area contributed by atoms with Gasteiger partial charge in [0.05, 0.1) is 17.6 Å². The molecule has 0 amide bonds. The van der Waals surface area contributed by atoms with Crippen molar-refractivity contribution in [2.24, 2.45) is 0 Å². The minimum absolute atomic E-state index is 0.0115. The Hall–Kier alpha value is -1.11. The number of benzene rings is 1. The number of ether oxygens (including phenoxy) is 2. The normalized spacial score (nSPS) is 19.4. The first-order valence-electron chi connectivity index (χ1n) is 6.85. The topological polar surface area (TPSA) is 55.8 Å². The fraction of sp³-hybridized carbons (Fsp3) is 0.571. The maximum Gasteiger partial charge on any atom is 0.242 e. The van der Waals surface area contributed by atoms with Gasteiger partial charge in [-0.3, -0.25) is 0 Å². The second kappa shape index (κ2) is 6.56. The van der Waals surface area contributed by atoms with Crippen LogP contribution in [0.4, 0.5) is 0 Å². The van der Waals surface area contributed by atoms with Crippen LogP contribution in [0.15, 0.2) is 29.2 Å². The Morgan fingerprint density at radius 2 is 2.05 bits per heavy atom. The van der Waals surface area contributed by atoms with Gasteiger partial charge < -0.3 is 9.47 Å². The molecule has 1 aromatic rings. The molecule has 0 N–H and O–H groups in total. The average molecular weight is 299 g/mol. The lowest BCUT2D eigenvalue weighted by Gasteiger charge is -2.20. The van der Waals surface area contributed by atoms with Crippen molar-refractivity contribution in [3.05, 3.63) is 24.3 Å². The van der Waals surface area contributed by atoms with Crippen LogP contribution in [0.5, 0.6) is 5.75 Å². The minimum Gasteiger partial charge on any atom is -0.494 e. The molecule has 1 saturated heterocycles. The van der Waals surface area contributed by atoms with Gasteiger partial charge >= 0.3 is 0 Å². The van der Waals surface area contributed by atoms with Crippen LogP contribution in [-0.4, -0.2) is 45.6 Å². The van der Waals surface area contributed by atoms with Gasteiger partial charge in [-0.15, -0.1) is 0 Å². The van der Waals surface area contributed by atoms with Gasteiger partial charge in [0.15, 0.2) is 0 Å². The maximum atomic E-state index is 12.4. The minimum atomic E-state index is -3.46. The van der Waals surface area contributed by atoms with E-state index in [1.165, 1.54) is 4.31 Å². The standard InChI is InChI=1S/C14H21NO4S/c1-3-18-12-6-8-14(9-7-12)20(16,17)15(2)11-13-5-4-10-19-13/h6-9,13H,3-5,10-11H2,1-2H3. The predicted octanol–water partition coefficient (Wildman–Crippen LogP) is 1.88. The molecule has 0 bridgehead atoms. The lowest BCUT2D eigenvalue weighted by Crippen LogP contribution is -2.34. The highest BCUT2D eigenvalue weighted by Gasteiger charge is 2.25. The van der Waals surface area contributed by atoms with E-state index in [4.69, 9.17) is 9.47 Å². The third kappa shape index (κ3) is 3.50. The van der Waals surface area contributed by atoms with Crippen LogP contribution in [0.1, 0.15) is 19.8 Å². The lowest BCUT2D eigenvalue weighted by atomic mass is 10.2. The number of rotatable bonds is 6. The van der Waals surface area contributed by atoms with E-state index >= 15 is 0 Å². The van der Waals surface area contributed by atoms with Gasteiger partial charge in [-0.2, -0.15) is 4.31 Å². The van der Waals surface area contributed by atoms with E-state index in [1.54, 1.807) is 31.3 Å². The average Bonchev–Trinajstić information content (AvgIpc) is 2.92. The van der Waals surface area contributed by atoms with Gasteiger partial charge in [0.1, 0.15) is 5.75 Å². The van der Waals surface area contributed by atoms with E-state index in [9.17, 15) is 8.42 Å². The summed E-state index contributed by atoms with van der Waals surface area (Å²) >= 11 is 0. The first kappa shape index (κ1) is 15.3. The Labute approximate surface area is 120 Å². The van der Waals surface area contributed by atoms with Crippen molar-refractivity contribution < 1.29 is 17.9 Å². The molecular formula is C14H21NO4S.